The number of amides is 2. The molecule has 8 heteroatoms. The number of ether oxygens (including phenoxy) is 2. The average Bonchev–Trinajstić information content (AvgIpc) is 2.95. The van der Waals surface area contributed by atoms with Crippen LogP contribution in [-0.4, -0.2) is 45.2 Å². The second kappa shape index (κ2) is 8.10. The predicted molar refractivity (Wildman–Crippen MR) is 105 cm³/mol. The van der Waals surface area contributed by atoms with Crippen molar-refractivity contribution in [2.75, 3.05) is 6.54 Å². The molecular weight excluding hydrogens is 362 g/mol. The van der Waals surface area contributed by atoms with Crippen molar-refractivity contribution in [3.8, 4) is 0 Å². The zero-order chi connectivity index (χ0) is 21.1. The van der Waals surface area contributed by atoms with E-state index in [2.05, 4.69) is 10.3 Å². The number of hydrogen-bond acceptors (Lipinski definition) is 5. The van der Waals surface area contributed by atoms with E-state index in [1.54, 1.807) is 47.7 Å². The summed E-state index contributed by atoms with van der Waals surface area (Å²) in [5.41, 5.74) is 0.0450. The van der Waals surface area contributed by atoms with E-state index in [4.69, 9.17) is 9.47 Å². The maximum Gasteiger partial charge on any atom is 0.434 e. The summed E-state index contributed by atoms with van der Waals surface area (Å²) in [4.78, 5) is 27.6. The Kier molecular flexibility index (Phi) is 6.23. The summed E-state index contributed by atoms with van der Waals surface area (Å²) in [7, 11) is 0. The molecule has 154 valence electrons. The smallest absolute Gasteiger partial charge is 0.434 e. The second-order valence-corrected chi connectivity index (χ2v) is 8.51. The number of para-hydroxylation sites is 1. The van der Waals surface area contributed by atoms with Crippen molar-refractivity contribution < 1.29 is 24.3 Å². The second-order valence-electron chi connectivity index (χ2n) is 8.51. The molecule has 0 saturated carbocycles. The molecule has 1 atom stereocenters. The number of carbonyl (C=O) groups is 2. The number of hydrogen-bond donors (Lipinski definition) is 3. The number of nitrogens with one attached hydrogen (secondary N) is 2. The van der Waals surface area contributed by atoms with Crippen molar-refractivity contribution in [1.29, 1.82) is 0 Å². The van der Waals surface area contributed by atoms with Crippen LogP contribution in [-0.2, 0) is 9.47 Å². The highest BCUT2D eigenvalue weighted by Crippen LogP contribution is 2.28. The summed E-state index contributed by atoms with van der Waals surface area (Å²) in [5, 5.41) is 14.5. The van der Waals surface area contributed by atoms with Crippen molar-refractivity contribution in [3.05, 3.63) is 36.0 Å². The Hall–Kier alpha value is -2.74. The Bertz CT molecular complexity index is 832. The largest absolute Gasteiger partial charge is 0.444 e. The quantitative estimate of drug-likeness (QED) is 0.531. The minimum absolute atomic E-state index is 0.0630. The van der Waals surface area contributed by atoms with E-state index in [0.717, 1.165) is 10.9 Å². The lowest BCUT2D eigenvalue weighted by Gasteiger charge is -2.29. The number of H-pyrrole nitrogens is 1. The summed E-state index contributed by atoms with van der Waals surface area (Å²) in [6.07, 6.45) is 0.142. The van der Waals surface area contributed by atoms with Crippen LogP contribution in [0.15, 0.2) is 30.5 Å². The van der Waals surface area contributed by atoms with Gasteiger partial charge in [-0.25, -0.2) is 9.59 Å². The van der Waals surface area contributed by atoms with Gasteiger partial charge in [-0.05, 0) is 47.6 Å². The molecule has 2 amide bonds. The van der Waals surface area contributed by atoms with Crippen LogP contribution >= 0.6 is 0 Å². The van der Waals surface area contributed by atoms with Crippen LogP contribution < -0.4 is 5.32 Å². The lowest BCUT2D eigenvalue weighted by molar-refractivity contribution is -0.120. The molecule has 2 rings (SSSR count). The third-order valence-electron chi connectivity index (χ3n) is 3.69. The van der Waals surface area contributed by atoms with Gasteiger partial charge in [-0.2, -0.15) is 5.06 Å². The SMILES string of the molecule is CC(C)(C)OC(=O)NCC(c1c[nH]c2ccccc12)N(O)C(=O)OC(C)(C)C. The number of benzene rings is 1. The summed E-state index contributed by atoms with van der Waals surface area (Å²) in [5.74, 6) is 0. The Labute approximate surface area is 164 Å². The monoisotopic (exact) mass is 391 g/mol. The van der Waals surface area contributed by atoms with Crippen LogP contribution in [0.1, 0.15) is 53.1 Å². The molecule has 0 aliphatic rings. The standard InChI is InChI=1S/C20H29N3O5/c1-19(2,3)27-17(24)22-12-16(23(26)18(25)28-20(4,5)6)14-11-21-15-10-8-7-9-13(14)15/h7-11,16,21,26H,12H2,1-6H3,(H,22,24). The molecule has 0 bridgehead atoms. The van der Waals surface area contributed by atoms with E-state index in [1.807, 2.05) is 24.3 Å². The molecule has 3 N–H and O–H groups in total. The minimum atomic E-state index is -0.909. The summed E-state index contributed by atoms with van der Waals surface area (Å²) in [6.45, 7) is 10.3. The van der Waals surface area contributed by atoms with Crippen molar-refractivity contribution in [1.82, 2.24) is 15.4 Å². The summed E-state index contributed by atoms with van der Waals surface area (Å²) < 4.78 is 10.5. The topological polar surface area (TPSA) is 104 Å². The first-order valence-corrected chi connectivity index (χ1v) is 9.11. The van der Waals surface area contributed by atoms with Gasteiger partial charge in [-0.15, -0.1) is 0 Å². The van der Waals surface area contributed by atoms with E-state index in [-0.39, 0.29) is 6.54 Å². The third kappa shape index (κ3) is 5.88. The molecular formula is C20H29N3O5. The van der Waals surface area contributed by atoms with Crippen LogP contribution in [0.25, 0.3) is 10.9 Å². The van der Waals surface area contributed by atoms with E-state index >= 15 is 0 Å². The van der Waals surface area contributed by atoms with Gasteiger partial charge in [0.2, 0.25) is 0 Å². The van der Waals surface area contributed by atoms with Gasteiger partial charge in [-0.3, -0.25) is 5.21 Å². The number of aromatic nitrogens is 1. The molecule has 8 nitrogen and oxygen atoms in total. The first-order chi connectivity index (χ1) is 12.9. The number of nitrogens with zero attached hydrogens (tertiary/aromatic N) is 1. The lowest BCUT2D eigenvalue weighted by atomic mass is 10.1. The molecule has 1 aromatic carbocycles. The van der Waals surface area contributed by atoms with E-state index < -0.39 is 29.4 Å². The van der Waals surface area contributed by atoms with Crippen LogP contribution in [0.4, 0.5) is 9.59 Å². The van der Waals surface area contributed by atoms with Crippen molar-refractivity contribution in [2.45, 2.75) is 58.8 Å². The van der Waals surface area contributed by atoms with Gasteiger partial charge in [0.1, 0.15) is 17.2 Å². The van der Waals surface area contributed by atoms with Crippen molar-refractivity contribution >= 4 is 23.1 Å². The maximum atomic E-state index is 12.4. The fourth-order valence-corrected chi connectivity index (χ4v) is 2.63. The minimum Gasteiger partial charge on any atom is -0.444 e. The lowest BCUT2D eigenvalue weighted by Crippen LogP contribution is -2.43. The molecule has 1 heterocycles. The van der Waals surface area contributed by atoms with Gasteiger partial charge >= 0.3 is 12.2 Å². The summed E-state index contributed by atoms with van der Waals surface area (Å²) >= 11 is 0. The zero-order valence-corrected chi connectivity index (χ0v) is 17.2. The number of aromatic amines is 1. The summed E-state index contributed by atoms with van der Waals surface area (Å²) in [6, 6.07) is 6.60. The highest BCUT2D eigenvalue weighted by molar-refractivity contribution is 5.84. The molecule has 1 aromatic heterocycles. The Morgan fingerprint density at radius 1 is 1.11 bits per heavy atom. The fourth-order valence-electron chi connectivity index (χ4n) is 2.63. The van der Waals surface area contributed by atoms with Crippen molar-refractivity contribution in [2.24, 2.45) is 0 Å². The van der Waals surface area contributed by atoms with E-state index in [9.17, 15) is 14.8 Å². The average molecular weight is 391 g/mol. The van der Waals surface area contributed by atoms with Crippen molar-refractivity contribution in [3.63, 3.8) is 0 Å². The van der Waals surface area contributed by atoms with Gasteiger partial charge in [0.05, 0.1) is 0 Å². The zero-order valence-electron chi connectivity index (χ0n) is 17.2. The predicted octanol–water partition coefficient (Wildman–Crippen LogP) is 4.36. The number of hydroxylamine groups is 2. The number of carbonyl (C=O) groups excluding carboxylic acids is 2. The first-order valence-electron chi connectivity index (χ1n) is 9.11. The number of alkyl carbamates (subject to hydrolysis) is 1. The Morgan fingerprint density at radius 2 is 1.71 bits per heavy atom. The van der Waals surface area contributed by atoms with Crippen LogP contribution in [0.5, 0.6) is 0 Å². The number of rotatable bonds is 4. The highest BCUT2D eigenvalue weighted by atomic mass is 16.6. The molecule has 2 aromatic rings. The van der Waals surface area contributed by atoms with Gasteiger partial charge in [-0.1, -0.05) is 18.2 Å². The normalized spacial score (nSPS) is 13.1. The molecule has 0 radical (unpaired) electrons. The molecule has 28 heavy (non-hydrogen) atoms. The first kappa shape index (κ1) is 21.6. The van der Waals surface area contributed by atoms with Gasteiger partial charge in [0, 0.05) is 29.2 Å². The molecule has 0 fully saturated rings. The van der Waals surface area contributed by atoms with Gasteiger partial charge < -0.3 is 19.8 Å². The molecule has 0 spiro atoms. The fraction of sp³-hybridized carbons (Fsp3) is 0.500. The van der Waals surface area contributed by atoms with Crippen LogP contribution in [0, 0.1) is 0 Å². The molecule has 0 aliphatic carbocycles. The van der Waals surface area contributed by atoms with Gasteiger partial charge in [0.25, 0.3) is 0 Å². The van der Waals surface area contributed by atoms with E-state index in [1.165, 1.54) is 0 Å². The molecule has 0 aliphatic heterocycles. The van der Waals surface area contributed by atoms with E-state index in [0.29, 0.717) is 10.6 Å². The molecule has 0 saturated heterocycles. The Balaban J connectivity index is 2.28. The molecule has 1 unspecified atom stereocenters. The highest BCUT2D eigenvalue weighted by Gasteiger charge is 2.31. The Morgan fingerprint density at radius 3 is 2.32 bits per heavy atom. The van der Waals surface area contributed by atoms with Crippen LogP contribution in [0.2, 0.25) is 0 Å². The maximum absolute atomic E-state index is 12.4. The number of fused-ring (bicyclic) bond motifs is 1. The van der Waals surface area contributed by atoms with Gasteiger partial charge in [0.15, 0.2) is 0 Å². The third-order valence-corrected chi connectivity index (χ3v) is 3.69. The van der Waals surface area contributed by atoms with Crippen LogP contribution in [0.3, 0.4) is 0 Å².